The van der Waals surface area contributed by atoms with Gasteiger partial charge in [-0.1, -0.05) is 41.4 Å². The van der Waals surface area contributed by atoms with Gasteiger partial charge in [0.2, 0.25) is 0 Å². The van der Waals surface area contributed by atoms with Crippen molar-refractivity contribution < 1.29 is 0 Å². The topological polar surface area (TPSA) is 28.7 Å². The maximum absolute atomic E-state index is 6.01. The van der Waals surface area contributed by atoms with Crippen molar-refractivity contribution in [2.45, 2.75) is 6.92 Å². The zero-order chi connectivity index (χ0) is 13.6. The molecule has 5 heteroatoms. The number of aromatic nitrogens is 2. The molecule has 2 nitrogen and oxygen atoms in total. The summed E-state index contributed by atoms with van der Waals surface area (Å²) in [5, 5.41) is 1.03. The van der Waals surface area contributed by atoms with Gasteiger partial charge in [-0.15, -0.1) is 0 Å². The number of nitrogens with zero attached hydrogens (tertiary/aromatic N) is 1. The molecule has 19 heavy (non-hydrogen) atoms. The van der Waals surface area contributed by atoms with Crippen LogP contribution in [0.3, 0.4) is 0 Å². The van der Waals surface area contributed by atoms with Crippen LogP contribution >= 0.6 is 39.1 Å². The second-order valence-corrected chi connectivity index (χ2v) is 5.91. The van der Waals surface area contributed by atoms with Crippen LogP contribution in [0.5, 0.6) is 0 Å². The van der Waals surface area contributed by atoms with Crippen molar-refractivity contribution in [3.8, 4) is 11.4 Å². The summed E-state index contributed by atoms with van der Waals surface area (Å²) in [4.78, 5) is 7.82. The number of hydrogen-bond donors (Lipinski definition) is 1. The predicted octanol–water partition coefficient (Wildman–Crippen LogP) is 5.61. The molecule has 2 aromatic carbocycles. The number of rotatable bonds is 1. The van der Waals surface area contributed by atoms with Crippen molar-refractivity contribution in [2.24, 2.45) is 0 Å². The van der Waals surface area contributed by atoms with E-state index >= 15 is 0 Å². The third kappa shape index (κ3) is 2.27. The lowest BCUT2D eigenvalue weighted by Gasteiger charge is -2.03. The van der Waals surface area contributed by atoms with E-state index in [-0.39, 0.29) is 0 Å². The van der Waals surface area contributed by atoms with Crippen LogP contribution in [0, 0.1) is 6.92 Å². The maximum Gasteiger partial charge on any atom is 0.139 e. The van der Waals surface area contributed by atoms with Crippen LogP contribution in [-0.4, -0.2) is 9.97 Å². The van der Waals surface area contributed by atoms with Gasteiger partial charge in [0.05, 0.1) is 21.1 Å². The van der Waals surface area contributed by atoms with Crippen molar-refractivity contribution in [3.63, 3.8) is 0 Å². The standard InChI is InChI=1S/C14H9BrCl2N2/c1-7-3-2-4-8(13(7)15)14-18-11-5-9(16)10(17)6-12(11)19-14/h2-6H,1H3,(H,18,19). The summed E-state index contributed by atoms with van der Waals surface area (Å²) in [6, 6.07) is 9.62. The minimum Gasteiger partial charge on any atom is -0.338 e. The van der Waals surface area contributed by atoms with E-state index in [0.29, 0.717) is 10.0 Å². The molecule has 0 saturated carbocycles. The van der Waals surface area contributed by atoms with Gasteiger partial charge in [0.15, 0.2) is 0 Å². The summed E-state index contributed by atoms with van der Waals surface area (Å²) in [5.41, 5.74) is 3.85. The Kier molecular flexibility index (Phi) is 3.29. The Hall–Kier alpha value is -1.03. The highest BCUT2D eigenvalue weighted by Gasteiger charge is 2.11. The molecule has 3 rings (SSSR count). The lowest BCUT2D eigenvalue weighted by Crippen LogP contribution is -1.84. The summed E-state index contributed by atoms with van der Waals surface area (Å²) in [7, 11) is 0. The lowest BCUT2D eigenvalue weighted by molar-refractivity contribution is 1.31. The first-order chi connectivity index (χ1) is 9.06. The van der Waals surface area contributed by atoms with E-state index in [1.807, 2.05) is 25.1 Å². The Bertz CT molecular complexity index is 741. The van der Waals surface area contributed by atoms with E-state index in [1.54, 1.807) is 12.1 Å². The number of hydrogen-bond acceptors (Lipinski definition) is 1. The number of benzene rings is 2. The predicted molar refractivity (Wildman–Crippen MR) is 84.0 cm³/mol. The lowest BCUT2D eigenvalue weighted by atomic mass is 10.1. The molecule has 0 spiro atoms. The summed E-state index contributed by atoms with van der Waals surface area (Å²) >= 11 is 15.6. The van der Waals surface area contributed by atoms with E-state index in [9.17, 15) is 0 Å². The zero-order valence-corrected chi connectivity index (χ0v) is 13.1. The summed E-state index contributed by atoms with van der Waals surface area (Å²) in [6.45, 7) is 2.05. The molecule has 0 amide bonds. The van der Waals surface area contributed by atoms with Gasteiger partial charge in [-0.2, -0.15) is 0 Å². The highest BCUT2D eigenvalue weighted by molar-refractivity contribution is 9.10. The van der Waals surface area contributed by atoms with E-state index in [4.69, 9.17) is 23.2 Å². The van der Waals surface area contributed by atoms with Gasteiger partial charge in [0.25, 0.3) is 0 Å². The first-order valence-electron chi connectivity index (χ1n) is 5.66. The Morgan fingerprint density at radius 1 is 1.16 bits per heavy atom. The van der Waals surface area contributed by atoms with E-state index in [2.05, 4.69) is 25.9 Å². The van der Waals surface area contributed by atoms with Crippen LogP contribution in [0.15, 0.2) is 34.8 Å². The average molecular weight is 356 g/mol. The van der Waals surface area contributed by atoms with Gasteiger partial charge < -0.3 is 4.98 Å². The fourth-order valence-electron chi connectivity index (χ4n) is 1.96. The van der Waals surface area contributed by atoms with Crippen molar-refractivity contribution >= 4 is 50.2 Å². The molecule has 0 atom stereocenters. The number of fused-ring (bicyclic) bond motifs is 1. The summed E-state index contributed by atoms with van der Waals surface area (Å²) in [6.07, 6.45) is 0. The van der Waals surface area contributed by atoms with Crippen LogP contribution in [-0.2, 0) is 0 Å². The molecular formula is C14H9BrCl2N2. The first-order valence-corrected chi connectivity index (χ1v) is 7.21. The molecule has 0 aliphatic rings. The zero-order valence-electron chi connectivity index (χ0n) is 9.97. The van der Waals surface area contributed by atoms with Crippen molar-refractivity contribution in [2.75, 3.05) is 0 Å². The number of nitrogens with one attached hydrogen (secondary N) is 1. The van der Waals surface area contributed by atoms with E-state index < -0.39 is 0 Å². The van der Waals surface area contributed by atoms with Crippen LogP contribution in [0.1, 0.15) is 5.56 Å². The minimum atomic E-state index is 0.510. The van der Waals surface area contributed by atoms with Crippen LogP contribution < -0.4 is 0 Å². The van der Waals surface area contributed by atoms with Gasteiger partial charge in [-0.05, 0) is 40.5 Å². The van der Waals surface area contributed by atoms with E-state index in [0.717, 1.165) is 32.5 Å². The Morgan fingerprint density at radius 3 is 2.68 bits per heavy atom. The van der Waals surface area contributed by atoms with Gasteiger partial charge in [0.1, 0.15) is 5.82 Å². The molecule has 0 unspecified atom stereocenters. The smallest absolute Gasteiger partial charge is 0.139 e. The Balaban J connectivity index is 2.23. The second-order valence-electron chi connectivity index (χ2n) is 4.31. The van der Waals surface area contributed by atoms with Crippen LogP contribution in [0.25, 0.3) is 22.4 Å². The molecule has 1 aromatic heterocycles. The van der Waals surface area contributed by atoms with Gasteiger partial charge >= 0.3 is 0 Å². The fraction of sp³-hybridized carbons (Fsp3) is 0.0714. The van der Waals surface area contributed by atoms with Crippen molar-refractivity contribution in [1.82, 2.24) is 9.97 Å². The highest BCUT2D eigenvalue weighted by atomic mass is 79.9. The summed E-state index contributed by atoms with van der Waals surface area (Å²) in [5.74, 6) is 0.795. The number of aryl methyl sites for hydroxylation is 1. The minimum absolute atomic E-state index is 0.510. The molecule has 3 aromatic rings. The number of halogens is 3. The fourth-order valence-corrected chi connectivity index (χ4v) is 2.74. The maximum atomic E-state index is 6.01. The average Bonchev–Trinajstić information content (AvgIpc) is 2.76. The van der Waals surface area contributed by atoms with Gasteiger partial charge in [0, 0.05) is 10.0 Å². The Labute approximate surface area is 128 Å². The van der Waals surface area contributed by atoms with Crippen LogP contribution in [0.4, 0.5) is 0 Å². The molecule has 0 fully saturated rings. The number of H-pyrrole nitrogens is 1. The van der Waals surface area contributed by atoms with Gasteiger partial charge in [-0.25, -0.2) is 4.98 Å². The number of aromatic amines is 1. The second kappa shape index (κ2) is 4.82. The number of imidazole rings is 1. The third-order valence-electron chi connectivity index (χ3n) is 2.97. The summed E-state index contributed by atoms with van der Waals surface area (Å²) < 4.78 is 1.03. The van der Waals surface area contributed by atoms with Crippen molar-refractivity contribution in [1.29, 1.82) is 0 Å². The van der Waals surface area contributed by atoms with E-state index in [1.165, 1.54) is 0 Å². The normalized spacial score (nSPS) is 11.2. The highest BCUT2D eigenvalue weighted by Crippen LogP contribution is 2.32. The quantitative estimate of drug-likeness (QED) is 0.604. The largest absolute Gasteiger partial charge is 0.338 e. The van der Waals surface area contributed by atoms with Crippen molar-refractivity contribution in [3.05, 3.63) is 50.4 Å². The molecular weight excluding hydrogens is 347 g/mol. The molecule has 0 bridgehead atoms. The molecule has 0 radical (unpaired) electrons. The molecule has 1 N–H and O–H groups in total. The molecule has 0 aliphatic heterocycles. The van der Waals surface area contributed by atoms with Crippen LogP contribution in [0.2, 0.25) is 10.0 Å². The Morgan fingerprint density at radius 2 is 1.89 bits per heavy atom. The monoisotopic (exact) mass is 354 g/mol. The molecule has 0 aliphatic carbocycles. The molecule has 0 saturated heterocycles. The SMILES string of the molecule is Cc1cccc(-c2nc3cc(Cl)c(Cl)cc3[nH]2)c1Br. The molecule has 96 valence electrons. The van der Waals surface area contributed by atoms with Gasteiger partial charge in [-0.3, -0.25) is 0 Å². The third-order valence-corrected chi connectivity index (χ3v) is 4.75. The first kappa shape index (κ1) is 13.0. The molecule has 1 heterocycles.